The average Bonchev–Trinajstić information content (AvgIpc) is 2.53. The Hall–Kier alpha value is -1.89. The third-order valence-corrected chi connectivity index (χ3v) is 3.55. The molecular weight excluding hydrogens is 270 g/mol. The van der Waals surface area contributed by atoms with Crippen LogP contribution in [0.3, 0.4) is 0 Å². The smallest absolute Gasteiger partial charge is 0.341 e. The summed E-state index contributed by atoms with van der Waals surface area (Å²) in [6.45, 7) is 5.49. The van der Waals surface area contributed by atoms with Crippen LogP contribution in [0.1, 0.15) is 34.1 Å². The summed E-state index contributed by atoms with van der Waals surface area (Å²) in [6.07, 6.45) is -0.641. The van der Waals surface area contributed by atoms with Crippen LogP contribution in [0.2, 0.25) is 0 Å². The van der Waals surface area contributed by atoms with Gasteiger partial charge in [0, 0.05) is 4.88 Å². The van der Waals surface area contributed by atoms with Gasteiger partial charge in [0.1, 0.15) is 11.4 Å². The number of esters is 1. The Kier molecular flexibility index (Phi) is 5.05. The van der Waals surface area contributed by atoms with Gasteiger partial charge >= 0.3 is 11.9 Å². The molecule has 104 valence electrons. The molecule has 0 atom stereocenters. The van der Waals surface area contributed by atoms with Crippen LogP contribution in [-0.2, 0) is 14.3 Å². The summed E-state index contributed by atoms with van der Waals surface area (Å²) >= 11 is 1.22. The second-order valence-electron chi connectivity index (χ2n) is 3.83. The Morgan fingerprint density at radius 1 is 1.32 bits per heavy atom. The van der Waals surface area contributed by atoms with Crippen LogP contribution < -0.4 is 5.32 Å². The molecular formula is C12H15NO5S. The number of ether oxygens (including phenoxy) is 1. The predicted molar refractivity (Wildman–Crippen MR) is 70.6 cm³/mol. The zero-order valence-electron chi connectivity index (χ0n) is 10.9. The van der Waals surface area contributed by atoms with E-state index in [0.717, 1.165) is 10.4 Å². The maximum atomic E-state index is 11.8. The number of nitrogens with one attached hydrogen (secondary N) is 1. The quantitative estimate of drug-likeness (QED) is 0.637. The molecule has 0 fully saturated rings. The van der Waals surface area contributed by atoms with E-state index in [0.29, 0.717) is 10.6 Å². The molecule has 0 bridgehead atoms. The van der Waals surface area contributed by atoms with Crippen molar-refractivity contribution in [1.82, 2.24) is 0 Å². The average molecular weight is 285 g/mol. The number of anilines is 1. The number of hydrogen-bond acceptors (Lipinski definition) is 5. The Morgan fingerprint density at radius 2 is 1.95 bits per heavy atom. The Balaban J connectivity index is 3.00. The van der Waals surface area contributed by atoms with Crippen molar-refractivity contribution in [3.05, 3.63) is 16.0 Å². The molecule has 0 aliphatic heterocycles. The van der Waals surface area contributed by atoms with Crippen LogP contribution in [0.4, 0.5) is 5.00 Å². The molecule has 2 N–H and O–H groups in total. The Bertz CT molecular complexity index is 520. The summed E-state index contributed by atoms with van der Waals surface area (Å²) in [5.41, 5.74) is 1.03. The summed E-state index contributed by atoms with van der Waals surface area (Å²) in [5, 5.41) is 11.3. The molecule has 1 heterocycles. The monoisotopic (exact) mass is 285 g/mol. The third kappa shape index (κ3) is 3.78. The molecule has 0 unspecified atom stereocenters. The SMILES string of the molecule is CCOC(=O)c1c(NC(=O)CC(=O)O)sc(C)c1C. The molecule has 19 heavy (non-hydrogen) atoms. The molecule has 1 aromatic heterocycles. The van der Waals surface area contributed by atoms with Crippen LogP contribution >= 0.6 is 11.3 Å². The minimum Gasteiger partial charge on any atom is -0.481 e. The van der Waals surface area contributed by atoms with Crippen molar-refractivity contribution in [2.24, 2.45) is 0 Å². The Morgan fingerprint density at radius 3 is 2.47 bits per heavy atom. The van der Waals surface area contributed by atoms with Crippen molar-refractivity contribution in [2.45, 2.75) is 27.2 Å². The summed E-state index contributed by atoms with van der Waals surface area (Å²) < 4.78 is 4.93. The van der Waals surface area contributed by atoms with E-state index in [1.807, 2.05) is 6.92 Å². The number of aryl methyl sites for hydroxylation is 1. The summed E-state index contributed by atoms with van der Waals surface area (Å²) in [5.74, 6) is -2.41. The van der Waals surface area contributed by atoms with Crippen molar-refractivity contribution in [3.8, 4) is 0 Å². The van der Waals surface area contributed by atoms with Gasteiger partial charge < -0.3 is 15.2 Å². The summed E-state index contributed by atoms with van der Waals surface area (Å²) in [7, 11) is 0. The zero-order valence-corrected chi connectivity index (χ0v) is 11.7. The van der Waals surface area contributed by atoms with Crippen LogP contribution in [-0.4, -0.2) is 29.6 Å². The van der Waals surface area contributed by atoms with Gasteiger partial charge in [0.15, 0.2) is 0 Å². The fraction of sp³-hybridized carbons (Fsp3) is 0.417. The lowest BCUT2D eigenvalue weighted by atomic mass is 10.1. The molecule has 1 amide bonds. The highest BCUT2D eigenvalue weighted by Crippen LogP contribution is 2.33. The number of thiophene rings is 1. The lowest BCUT2D eigenvalue weighted by Gasteiger charge is -2.06. The van der Waals surface area contributed by atoms with E-state index < -0.39 is 24.3 Å². The van der Waals surface area contributed by atoms with Gasteiger partial charge in [-0.1, -0.05) is 0 Å². The zero-order chi connectivity index (χ0) is 14.6. The van der Waals surface area contributed by atoms with E-state index in [-0.39, 0.29) is 6.61 Å². The highest BCUT2D eigenvalue weighted by atomic mass is 32.1. The molecule has 0 radical (unpaired) electrons. The van der Waals surface area contributed by atoms with Crippen LogP contribution in [0.25, 0.3) is 0 Å². The van der Waals surface area contributed by atoms with E-state index in [9.17, 15) is 14.4 Å². The van der Waals surface area contributed by atoms with Crippen molar-refractivity contribution in [2.75, 3.05) is 11.9 Å². The fourth-order valence-electron chi connectivity index (χ4n) is 1.47. The minimum atomic E-state index is -1.22. The number of carboxylic acids is 1. The van der Waals surface area contributed by atoms with Gasteiger partial charge in [-0.25, -0.2) is 4.79 Å². The minimum absolute atomic E-state index is 0.232. The Labute approximate surface area is 114 Å². The summed E-state index contributed by atoms with van der Waals surface area (Å²) in [4.78, 5) is 34.6. The third-order valence-electron chi connectivity index (χ3n) is 2.43. The number of hydrogen-bond donors (Lipinski definition) is 2. The second kappa shape index (κ2) is 6.33. The largest absolute Gasteiger partial charge is 0.481 e. The number of aliphatic carboxylic acids is 1. The first kappa shape index (κ1) is 15.2. The summed E-state index contributed by atoms with van der Waals surface area (Å²) in [6, 6.07) is 0. The first-order valence-corrected chi connectivity index (χ1v) is 6.47. The van der Waals surface area contributed by atoms with Gasteiger partial charge in [-0.05, 0) is 26.3 Å². The van der Waals surface area contributed by atoms with Crippen LogP contribution in [0, 0.1) is 13.8 Å². The first-order valence-electron chi connectivity index (χ1n) is 5.65. The van der Waals surface area contributed by atoms with E-state index in [4.69, 9.17) is 9.84 Å². The molecule has 6 nitrogen and oxygen atoms in total. The molecule has 1 aromatic rings. The standard InChI is InChI=1S/C12H15NO5S/c1-4-18-12(17)10-6(2)7(3)19-11(10)13-8(14)5-9(15)16/h4-5H2,1-3H3,(H,13,14)(H,15,16). The van der Waals surface area contributed by atoms with E-state index in [2.05, 4.69) is 5.32 Å². The van der Waals surface area contributed by atoms with Crippen LogP contribution in [0.5, 0.6) is 0 Å². The van der Waals surface area contributed by atoms with Crippen molar-refractivity contribution in [3.63, 3.8) is 0 Å². The molecule has 0 saturated carbocycles. The molecule has 0 aliphatic carbocycles. The molecule has 7 heteroatoms. The van der Waals surface area contributed by atoms with Gasteiger partial charge in [0.2, 0.25) is 5.91 Å². The van der Waals surface area contributed by atoms with E-state index in [1.54, 1.807) is 13.8 Å². The molecule has 0 spiro atoms. The maximum absolute atomic E-state index is 11.8. The van der Waals surface area contributed by atoms with Gasteiger partial charge in [-0.2, -0.15) is 0 Å². The lowest BCUT2D eigenvalue weighted by Crippen LogP contribution is -2.17. The van der Waals surface area contributed by atoms with Crippen molar-refractivity contribution >= 4 is 34.2 Å². The lowest BCUT2D eigenvalue weighted by molar-refractivity contribution is -0.139. The fourth-order valence-corrected chi connectivity index (χ4v) is 2.54. The number of amides is 1. The second-order valence-corrected chi connectivity index (χ2v) is 5.05. The predicted octanol–water partition coefficient (Wildman–Crippen LogP) is 1.95. The number of carboxylic acid groups (broad SMARTS) is 1. The molecule has 1 rings (SSSR count). The van der Waals surface area contributed by atoms with Gasteiger partial charge in [0.25, 0.3) is 0 Å². The normalized spacial score (nSPS) is 10.1. The highest BCUT2D eigenvalue weighted by Gasteiger charge is 2.22. The van der Waals surface area contributed by atoms with Gasteiger partial charge in [0.05, 0.1) is 12.2 Å². The van der Waals surface area contributed by atoms with Crippen molar-refractivity contribution < 1.29 is 24.2 Å². The maximum Gasteiger partial charge on any atom is 0.341 e. The van der Waals surface area contributed by atoms with E-state index >= 15 is 0 Å². The van der Waals surface area contributed by atoms with Gasteiger partial charge in [-0.15, -0.1) is 11.3 Å². The topological polar surface area (TPSA) is 92.7 Å². The number of carbonyl (C=O) groups is 3. The van der Waals surface area contributed by atoms with E-state index in [1.165, 1.54) is 11.3 Å². The first-order chi connectivity index (χ1) is 8.86. The highest BCUT2D eigenvalue weighted by molar-refractivity contribution is 7.16. The number of rotatable bonds is 5. The molecule has 0 aromatic carbocycles. The van der Waals surface area contributed by atoms with Crippen molar-refractivity contribution in [1.29, 1.82) is 0 Å². The van der Waals surface area contributed by atoms with Gasteiger partial charge in [-0.3, -0.25) is 9.59 Å². The number of carbonyl (C=O) groups excluding carboxylic acids is 2. The molecule has 0 saturated heterocycles. The van der Waals surface area contributed by atoms with Crippen LogP contribution in [0.15, 0.2) is 0 Å². The molecule has 0 aliphatic rings.